The predicted molar refractivity (Wildman–Crippen MR) is 101 cm³/mol. The lowest BCUT2D eigenvalue weighted by molar-refractivity contribution is -0.168. The van der Waals surface area contributed by atoms with E-state index in [0.29, 0.717) is 30.4 Å². The van der Waals surface area contributed by atoms with Crippen LogP contribution in [0.2, 0.25) is 0 Å². The molecule has 29 heavy (non-hydrogen) atoms. The van der Waals surface area contributed by atoms with Gasteiger partial charge >= 0.3 is 12.1 Å². The summed E-state index contributed by atoms with van der Waals surface area (Å²) in [6.07, 6.45) is 2.36. The lowest BCUT2D eigenvalue weighted by Crippen LogP contribution is -2.43. The Morgan fingerprint density at radius 3 is 2.24 bits per heavy atom. The Bertz CT molecular complexity index is 997. The Kier molecular flexibility index (Phi) is 4.63. The summed E-state index contributed by atoms with van der Waals surface area (Å²) in [5, 5.41) is 9.63. The van der Waals surface area contributed by atoms with Crippen molar-refractivity contribution in [3.05, 3.63) is 59.4 Å². The third kappa shape index (κ3) is 3.18. The summed E-state index contributed by atoms with van der Waals surface area (Å²) in [5.74, 6) is -2.97. The minimum Gasteiger partial charge on any atom is -0.478 e. The van der Waals surface area contributed by atoms with E-state index in [1.165, 1.54) is 12.1 Å². The summed E-state index contributed by atoms with van der Waals surface area (Å²) in [6.45, 7) is 0. The molecule has 1 aromatic heterocycles. The summed E-state index contributed by atoms with van der Waals surface area (Å²) >= 11 is 0. The second-order valence-corrected chi connectivity index (χ2v) is 7.80. The molecule has 4 rings (SSSR count). The molecule has 1 heterocycles. The monoisotopic (exact) mass is 403 g/mol. The second-order valence-electron chi connectivity index (χ2n) is 7.80. The summed E-state index contributed by atoms with van der Waals surface area (Å²) < 4.78 is 41.9. The fraction of sp³-hybridized carbons (Fsp3) is 0.364. The summed E-state index contributed by atoms with van der Waals surface area (Å²) in [4.78, 5) is 24.2. The van der Waals surface area contributed by atoms with Gasteiger partial charge in [0.05, 0.1) is 11.3 Å². The second kappa shape index (κ2) is 6.90. The highest BCUT2D eigenvalue weighted by Gasteiger charge is 2.55. The van der Waals surface area contributed by atoms with Crippen molar-refractivity contribution in [1.29, 1.82) is 0 Å². The molecule has 0 aliphatic heterocycles. The van der Waals surface area contributed by atoms with Crippen molar-refractivity contribution < 1.29 is 27.9 Å². The summed E-state index contributed by atoms with van der Waals surface area (Å²) in [6, 6.07) is 7.96. The van der Waals surface area contributed by atoms with Crippen LogP contribution in [0.1, 0.15) is 54.4 Å². The van der Waals surface area contributed by atoms with Gasteiger partial charge in [0, 0.05) is 28.9 Å². The summed E-state index contributed by atoms with van der Waals surface area (Å²) in [5.41, 5.74) is 0.0622. The SMILES string of the molecule is O=C(O)c1cccc(C2=C(C(=O)C(F)(F)F)C3(CCCCC3)C2)c1-n1cccc1. The fourth-order valence-electron chi connectivity index (χ4n) is 4.85. The molecule has 0 radical (unpaired) electrons. The Labute approximate surface area is 165 Å². The maximum atomic E-state index is 13.4. The molecule has 152 valence electrons. The van der Waals surface area contributed by atoms with Gasteiger partial charge in [-0.2, -0.15) is 13.2 Å². The third-order valence-corrected chi connectivity index (χ3v) is 6.10. The first-order chi connectivity index (χ1) is 13.7. The van der Waals surface area contributed by atoms with Crippen molar-refractivity contribution in [2.75, 3.05) is 0 Å². The fourth-order valence-corrected chi connectivity index (χ4v) is 4.85. The van der Waals surface area contributed by atoms with E-state index in [-0.39, 0.29) is 16.8 Å². The molecular formula is C22H20F3NO3. The number of benzene rings is 1. The molecular weight excluding hydrogens is 383 g/mol. The first-order valence-electron chi connectivity index (χ1n) is 9.60. The molecule has 0 atom stereocenters. The Morgan fingerprint density at radius 2 is 1.66 bits per heavy atom. The molecule has 2 aliphatic carbocycles. The Balaban J connectivity index is 1.95. The van der Waals surface area contributed by atoms with Crippen LogP contribution in [-0.4, -0.2) is 27.6 Å². The van der Waals surface area contributed by atoms with Gasteiger partial charge in [0.15, 0.2) is 0 Å². The van der Waals surface area contributed by atoms with E-state index >= 15 is 0 Å². The number of hydrogen-bond donors (Lipinski definition) is 1. The minimum absolute atomic E-state index is 0.0189. The maximum absolute atomic E-state index is 13.4. The highest BCUT2D eigenvalue weighted by molar-refractivity contribution is 6.11. The van der Waals surface area contributed by atoms with Crippen molar-refractivity contribution in [2.45, 2.75) is 44.7 Å². The normalized spacial score (nSPS) is 18.6. The number of carbonyl (C=O) groups excluding carboxylic acids is 1. The van der Waals surface area contributed by atoms with E-state index in [4.69, 9.17) is 0 Å². The molecule has 0 amide bonds. The predicted octanol–water partition coefficient (Wildman–Crippen LogP) is 5.41. The lowest BCUT2D eigenvalue weighted by atomic mass is 9.55. The Morgan fingerprint density at radius 1 is 1.00 bits per heavy atom. The molecule has 2 aliphatic rings. The van der Waals surface area contributed by atoms with Gasteiger partial charge in [-0.3, -0.25) is 4.79 Å². The zero-order valence-electron chi connectivity index (χ0n) is 15.6. The number of Topliss-reactive ketones (excluding diaryl/α,β-unsaturated/α-hetero) is 1. The van der Waals surface area contributed by atoms with Gasteiger partial charge in [0.2, 0.25) is 0 Å². The molecule has 7 heteroatoms. The highest BCUT2D eigenvalue weighted by Crippen LogP contribution is 2.60. The van der Waals surface area contributed by atoms with Crippen molar-refractivity contribution in [1.82, 2.24) is 4.57 Å². The van der Waals surface area contributed by atoms with Gasteiger partial charge < -0.3 is 9.67 Å². The first-order valence-corrected chi connectivity index (χ1v) is 9.60. The van der Waals surface area contributed by atoms with E-state index in [9.17, 15) is 27.9 Å². The van der Waals surface area contributed by atoms with Crippen LogP contribution in [0.5, 0.6) is 0 Å². The van der Waals surface area contributed by atoms with E-state index in [2.05, 4.69) is 0 Å². The van der Waals surface area contributed by atoms with Crippen molar-refractivity contribution in [3.63, 3.8) is 0 Å². The summed E-state index contributed by atoms with van der Waals surface area (Å²) in [7, 11) is 0. The van der Waals surface area contributed by atoms with Crippen molar-refractivity contribution >= 4 is 17.3 Å². The zero-order chi connectivity index (χ0) is 20.8. The molecule has 1 aromatic carbocycles. The number of allylic oxidation sites excluding steroid dienone is 2. The van der Waals surface area contributed by atoms with E-state index < -0.39 is 23.3 Å². The van der Waals surface area contributed by atoms with Crippen LogP contribution in [0.15, 0.2) is 48.3 Å². The van der Waals surface area contributed by atoms with Crippen molar-refractivity contribution in [2.24, 2.45) is 5.41 Å². The number of halogens is 3. The highest BCUT2D eigenvalue weighted by atomic mass is 19.4. The average Bonchev–Trinajstić information content (AvgIpc) is 3.20. The zero-order valence-corrected chi connectivity index (χ0v) is 15.6. The van der Waals surface area contributed by atoms with Gasteiger partial charge in [-0.05, 0) is 43.0 Å². The number of aromatic carboxylic acids is 1. The first kappa shape index (κ1) is 19.5. The van der Waals surface area contributed by atoms with Crippen LogP contribution < -0.4 is 0 Å². The number of nitrogens with zero attached hydrogens (tertiary/aromatic N) is 1. The number of rotatable bonds is 4. The van der Waals surface area contributed by atoms with Crippen LogP contribution in [-0.2, 0) is 4.79 Å². The Hall–Kier alpha value is -2.83. The van der Waals surface area contributed by atoms with E-state index in [0.717, 1.165) is 19.3 Å². The van der Waals surface area contributed by atoms with Crippen LogP contribution >= 0.6 is 0 Å². The lowest BCUT2D eigenvalue weighted by Gasteiger charge is -2.48. The quantitative estimate of drug-likeness (QED) is 0.742. The number of carboxylic acid groups (broad SMARTS) is 1. The van der Waals surface area contributed by atoms with Gasteiger partial charge in [-0.1, -0.05) is 31.4 Å². The molecule has 0 saturated heterocycles. The van der Waals surface area contributed by atoms with Gasteiger partial charge in [0.25, 0.3) is 5.78 Å². The molecule has 0 bridgehead atoms. The molecule has 2 aromatic rings. The van der Waals surface area contributed by atoms with Gasteiger partial charge in [-0.15, -0.1) is 0 Å². The van der Waals surface area contributed by atoms with E-state index in [1.54, 1.807) is 35.2 Å². The molecule has 4 nitrogen and oxygen atoms in total. The average molecular weight is 403 g/mol. The number of carbonyl (C=O) groups is 2. The van der Waals surface area contributed by atoms with Gasteiger partial charge in [0.1, 0.15) is 0 Å². The topological polar surface area (TPSA) is 59.3 Å². The smallest absolute Gasteiger partial charge is 0.454 e. The molecule has 1 spiro atoms. The number of hydrogen-bond acceptors (Lipinski definition) is 2. The molecule has 1 saturated carbocycles. The molecule has 1 N–H and O–H groups in total. The molecule has 0 unspecified atom stereocenters. The number of alkyl halides is 3. The van der Waals surface area contributed by atoms with Crippen LogP contribution in [0, 0.1) is 5.41 Å². The van der Waals surface area contributed by atoms with Crippen LogP contribution in [0.4, 0.5) is 13.2 Å². The molecule has 1 fully saturated rings. The number of para-hydroxylation sites is 1. The number of carboxylic acids is 1. The maximum Gasteiger partial charge on any atom is 0.454 e. The van der Waals surface area contributed by atoms with E-state index in [1.807, 2.05) is 0 Å². The largest absolute Gasteiger partial charge is 0.478 e. The standard InChI is InChI=1S/C22H20F3NO3/c23-22(24,25)19(27)17-16(13-21(17)9-2-1-3-10-21)14-7-6-8-15(20(28)29)18(14)26-11-4-5-12-26/h4-8,11-12H,1-3,9-10,13H2,(H,28,29). The van der Waals surface area contributed by atoms with Gasteiger partial charge in [-0.25, -0.2) is 4.79 Å². The van der Waals surface area contributed by atoms with Crippen molar-refractivity contribution in [3.8, 4) is 5.69 Å². The number of aromatic nitrogens is 1. The van der Waals surface area contributed by atoms with Crippen LogP contribution in [0.3, 0.4) is 0 Å². The van der Waals surface area contributed by atoms with Crippen LogP contribution in [0.25, 0.3) is 11.3 Å². The third-order valence-electron chi connectivity index (χ3n) is 6.10. The number of ketones is 1. The minimum atomic E-state index is -4.95.